The number of rotatable bonds is 11. The number of hydrogen-bond donors (Lipinski definition) is 1. The third-order valence-electron chi connectivity index (χ3n) is 5.14. The number of carbonyl (C=O) groups is 1. The summed E-state index contributed by atoms with van der Waals surface area (Å²) in [6.07, 6.45) is 0.619. The van der Waals surface area contributed by atoms with Gasteiger partial charge in [-0.2, -0.15) is 11.8 Å². The van der Waals surface area contributed by atoms with E-state index in [1.165, 1.54) is 30.0 Å². The Morgan fingerprint density at radius 2 is 1.74 bits per heavy atom. The number of sulfonamides is 1. The molecule has 0 aliphatic rings. The molecule has 0 unspecified atom stereocenters. The van der Waals surface area contributed by atoms with E-state index in [1.54, 1.807) is 42.5 Å². The van der Waals surface area contributed by atoms with Gasteiger partial charge in [-0.05, 0) is 42.3 Å². The van der Waals surface area contributed by atoms with Gasteiger partial charge in [-0.3, -0.25) is 9.10 Å². The van der Waals surface area contributed by atoms with Crippen LogP contribution in [0.15, 0.2) is 77.7 Å². The van der Waals surface area contributed by atoms with E-state index in [2.05, 4.69) is 5.32 Å². The summed E-state index contributed by atoms with van der Waals surface area (Å²) in [4.78, 5) is 12.9. The van der Waals surface area contributed by atoms with E-state index < -0.39 is 15.9 Å². The molecular formula is C25H26ClFN2O3S2. The normalized spacial score (nSPS) is 11.3. The molecule has 0 aromatic heterocycles. The summed E-state index contributed by atoms with van der Waals surface area (Å²) >= 11 is 7.47. The van der Waals surface area contributed by atoms with Gasteiger partial charge in [-0.15, -0.1) is 0 Å². The lowest BCUT2D eigenvalue weighted by Crippen LogP contribution is -2.41. The van der Waals surface area contributed by atoms with Crippen molar-refractivity contribution in [2.75, 3.05) is 23.1 Å². The molecular weight excluding hydrogens is 495 g/mol. The molecule has 0 aliphatic carbocycles. The second-order valence-corrected chi connectivity index (χ2v) is 10.8. The van der Waals surface area contributed by atoms with Crippen molar-refractivity contribution in [2.45, 2.75) is 24.0 Å². The van der Waals surface area contributed by atoms with Crippen LogP contribution in [0.2, 0.25) is 5.02 Å². The number of nitrogens with zero attached hydrogens (tertiary/aromatic N) is 1. The molecule has 0 heterocycles. The molecule has 0 atom stereocenters. The number of aryl methyl sites for hydroxylation is 1. The third kappa shape index (κ3) is 6.52. The maximum Gasteiger partial charge on any atom is 0.264 e. The molecule has 5 nitrogen and oxygen atoms in total. The van der Waals surface area contributed by atoms with Gasteiger partial charge < -0.3 is 5.32 Å². The molecule has 1 amide bonds. The van der Waals surface area contributed by atoms with E-state index in [-0.39, 0.29) is 17.3 Å². The highest BCUT2D eigenvalue weighted by molar-refractivity contribution is 7.98. The first-order chi connectivity index (χ1) is 16.3. The molecule has 34 heavy (non-hydrogen) atoms. The van der Waals surface area contributed by atoms with Crippen molar-refractivity contribution >= 4 is 45.0 Å². The fourth-order valence-electron chi connectivity index (χ4n) is 3.37. The van der Waals surface area contributed by atoms with Crippen LogP contribution in [0.1, 0.15) is 18.1 Å². The topological polar surface area (TPSA) is 66.5 Å². The summed E-state index contributed by atoms with van der Waals surface area (Å²) in [6.45, 7) is 1.90. The van der Waals surface area contributed by atoms with Crippen LogP contribution in [0.5, 0.6) is 0 Å². The highest BCUT2D eigenvalue weighted by Crippen LogP contribution is 2.27. The van der Waals surface area contributed by atoms with Crippen LogP contribution in [0.3, 0.4) is 0 Å². The number of hydrogen-bond acceptors (Lipinski definition) is 4. The van der Waals surface area contributed by atoms with Gasteiger partial charge in [0.15, 0.2) is 0 Å². The van der Waals surface area contributed by atoms with Crippen LogP contribution in [-0.2, 0) is 27.0 Å². The lowest BCUT2D eigenvalue weighted by Gasteiger charge is -2.26. The SMILES string of the molecule is CCc1ccccc1N(CC(=O)NCCSCc1c(F)cccc1Cl)S(=O)(=O)c1ccccc1. The first kappa shape index (κ1) is 26.1. The van der Waals surface area contributed by atoms with E-state index in [0.717, 1.165) is 9.87 Å². The van der Waals surface area contributed by atoms with Crippen LogP contribution < -0.4 is 9.62 Å². The Bertz CT molecular complexity index is 1200. The van der Waals surface area contributed by atoms with Gasteiger partial charge >= 0.3 is 0 Å². The van der Waals surface area contributed by atoms with Gasteiger partial charge in [-0.1, -0.05) is 61.0 Å². The van der Waals surface area contributed by atoms with Crippen molar-refractivity contribution in [3.8, 4) is 0 Å². The van der Waals surface area contributed by atoms with Crippen molar-refractivity contribution in [2.24, 2.45) is 0 Å². The summed E-state index contributed by atoms with van der Waals surface area (Å²) in [5, 5.41) is 3.14. The van der Waals surface area contributed by atoms with Crippen LogP contribution in [-0.4, -0.2) is 33.2 Å². The van der Waals surface area contributed by atoms with Crippen LogP contribution in [0.25, 0.3) is 0 Å². The van der Waals surface area contributed by atoms with Gasteiger partial charge in [0, 0.05) is 28.6 Å². The quantitative estimate of drug-likeness (QED) is 0.349. The maximum absolute atomic E-state index is 13.9. The number of anilines is 1. The molecule has 0 radical (unpaired) electrons. The molecule has 0 fully saturated rings. The number of amides is 1. The Kier molecular flexibility index (Phi) is 9.38. The predicted molar refractivity (Wildman–Crippen MR) is 137 cm³/mol. The fourth-order valence-corrected chi connectivity index (χ4v) is 6.04. The molecule has 0 aliphatic heterocycles. The second kappa shape index (κ2) is 12.2. The Hall–Kier alpha value is -2.55. The number of nitrogens with one attached hydrogen (secondary N) is 1. The number of thioether (sulfide) groups is 1. The van der Waals surface area contributed by atoms with Crippen LogP contribution in [0.4, 0.5) is 10.1 Å². The van der Waals surface area contributed by atoms with Crippen molar-refractivity contribution in [1.29, 1.82) is 0 Å². The monoisotopic (exact) mass is 520 g/mol. The second-order valence-electron chi connectivity index (χ2n) is 7.41. The number of carbonyl (C=O) groups excluding carboxylic acids is 1. The summed E-state index contributed by atoms with van der Waals surface area (Å²) in [5.41, 5.74) is 1.73. The van der Waals surface area contributed by atoms with Crippen LogP contribution in [0, 0.1) is 5.82 Å². The van der Waals surface area contributed by atoms with Gasteiger partial charge in [0.1, 0.15) is 12.4 Å². The first-order valence-corrected chi connectivity index (χ1v) is 13.7. The van der Waals surface area contributed by atoms with Crippen molar-refractivity contribution in [1.82, 2.24) is 5.32 Å². The molecule has 0 saturated heterocycles. The van der Waals surface area contributed by atoms with Crippen molar-refractivity contribution in [3.05, 3.63) is 94.8 Å². The Morgan fingerprint density at radius 3 is 2.44 bits per heavy atom. The third-order valence-corrected chi connectivity index (χ3v) is 8.25. The Balaban J connectivity index is 1.67. The minimum absolute atomic E-state index is 0.117. The molecule has 0 bridgehead atoms. The van der Waals surface area contributed by atoms with E-state index in [4.69, 9.17) is 11.6 Å². The lowest BCUT2D eigenvalue weighted by molar-refractivity contribution is -0.119. The zero-order valence-electron chi connectivity index (χ0n) is 18.7. The smallest absolute Gasteiger partial charge is 0.264 e. The van der Waals surface area contributed by atoms with E-state index in [0.29, 0.717) is 40.7 Å². The number of benzene rings is 3. The highest BCUT2D eigenvalue weighted by Gasteiger charge is 2.28. The van der Waals surface area contributed by atoms with E-state index in [1.807, 2.05) is 19.1 Å². The standard InChI is InChI=1S/C25H26ClFN2O3S2/c1-2-19-9-6-7-14-24(19)29(34(31,32)20-10-4-3-5-11-20)17-25(30)28-15-16-33-18-21-22(26)12-8-13-23(21)27/h3-14H,2,15-18H2,1H3,(H,28,30). The number of halogens is 2. The Labute approximate surface area is 209 Å². The zero-order valence-corrected chi connectivity index (χ0v) is 21.1. The Morgan fingerprint density at radius 1 is 1.03 bits per heavy atom. The highest BCUT2D eigenvalue weighted by atomic mass is 35.5. The summed E-state index contributed by atoms with van der Waals surface area (Å²) in [7, 11) is -3.95. The van der Waals surface area contributed by atoms with Crippen molar-refractivity contribution < 1.29 is 17.6 Å². The molecule has 3 aromatic carbocycles. The summed E-state index contributed by atoms with van der Waals surface area (Å²) < 4.78 is 41.9. The molecule has 3 aromatic rings. The predicted octanol–water partition coefficient (Wildman–Crippen LogP) is 5.29. The zero-order chi connectivity index (χ0) is 24.6. The average molecular weight is 521 g/mol. The van der Waals surface area contributed by atoms with Gasteiger partial charge in [0.05, 0.1) is 10.6 Å². The van der Waals surface area contributed by atoms with E-state index in [9.17, 15) is 17.6 Å². The summed E-state index contributed by atoms with van der Waals surface area (Å²) in [6, 6.07) is 19.8. The summed E-state index contributed by atoms with van der Waals surface area (Å²) in [5.74, 6) is 0.114. The van der Waals surface area contributed by atoms with Gasteiger partial charge in [0.25, 0.3) is 10.0 Å². The van der Waals surface area contributed by atoms with Gasteiger partial charge in [0.2, 0.25) is 5.91 Å². The minimum atomic E-state index is -3.95. The first-order valence-electron chi connectivity index (χ1n) is 10.8. The molecule has 180 valence electrons. The van der Waals surface area contributed by atoms with Crippen molar-refractivity contribution in [3.63, 3.8) is 0 Å². The van der Waals surface area contributed by atoms with Crippen LogP contribution >= 0.6 is 23.4 Å². The molecule has 0 saturated carbocycles. The molecule has 1 N–H and O–H groups in total. The molecule has 0 spiro atoms. The largest absolute Gasteiger partial charge is 0.354 e. The molecule has 9 heteroatoms. The average Bonchev–Trinajstić information content (AvgIpc) is 2.84. The fraction of sp³-hybridized carbons (Fsp3) is 0.240. The maximum atomic E-state index is 13.9. The minimum Gasteiger partial charge on any atom is -0.354 e. The van der Waals surface area contributed by atoms with E-state index >= 15 is 0 Å². The lowest BCUT2D eigenvalue weighted by atomic mass is 10.1. The van der Waals surface area contributed by atoms with Gasteiger partial charge in [-0.25, -0.2) is 12.8 Å². The number of para-hydroxylation sites is 1. The molecule has 3 rings (SSSR count).